The number of halogens is 1. The number of allylic oxidation sites excluding steroid dienone is 1. The predicted molar refractivity (Wildman–Crippen MR) is 93.1 cm³/mol. The number of hydrogen-bond acceptors (Lipinski definition) is 3. The van der Waals surface area contributed by atoms with Crippen molar-refractivity contribution in [3.8, 4) is 6.07 Å². The first-order chi connectivity index (χ1) is 12.1. The van der Waals surface area contributed by atoms with Gasteiger partial charge in [-0.25, -0.2) is 9.37 Å². The second-order valence-corrected chi connectivity index (χ2v) is 5.94. The Morgan fingerprint density at radius 3 is 2.68 bits per heavy atom. The maximum Gasteiger partial charge on any atom is 0.169 e. The molecule has 25 heavy (non-hydrogen) atoms. The first-order valence-corrected chi connectivity index (χ1v) is 7.90. The van der Waals surface area contributed by atoms with Crippen LogP contribution in [0.5, 0.6) is 0 Å². The number of rotatable bonds is 5. The quantitative estimate of drug-likeness (QED) is 0.493. The summed E-state index contributed by atoms with van der Waals surface area (Å²) in [5.74, 6) is -0.0154. The van der Waals surface area contributed by atoms with Crippen LogP contribution in [0.1, 0.15) is 11.4 Å². The Morgan fingerprint density at radius 1 is 1.24 bits per heavy atom. The molecule has 1 unspecified atom stereocenters. The van der Waals surface area contributed by atoms with Crippen LogP contribution in [0.3, 0.4) is 0 Å². The van der Waals surface area contributed by atoms with Crippen LogP contribution < -0.4 is 4.90 Å². The van der Waals surface area contributed by atoms with Crippen molar-refractivity contribution < 1.29 is 14.4 Å². The number of likely N-dealkylation sites (N-methyl/N-ethyl adjacent to an activating group) is 1. The number of para-hydroxylation sites is 2. The lowest BCUT2D eigenvalue weighted by molar-refractivity contribution is -0.890. The first-order valence-electron chi connectivity index (χ1n) is 7.90. The molecule has 3 aromatic rings. The molecule has 1 atom stereocenters. The largest absolute Gasteiger partial charge is 0.506 e. The molecule has 3 rings (SSSR count). The Kier molecular flexibility index (Phi) is 4.78. The molecule has 0 bridgehead atoms. The number of aliphatic hydroxyl groups excluding tert-OH is 1. The van der Waals surface area contributed by atoms with Crippen LogP contribution in [0.15, 0.2) is 54.3 Å². The van der Waals surface area contributed by atoms with Gasteiger partial charge in [-0.3, -0.25) is 0 Å². The zero-order valence-corrected chi connectivity index (χ0v) is 13.8. The molecule has 6 heteroatoms. The molecule has 0 aliphatic rings. The van der Waals surface area contributed by atoms with E-state index >= 15 is 0 Å². The fourth-order valence-corrected chi connectivity index (χ4v) is 2.73. The number of nitrogens with one attached hydrogen (secondary N) is 2. The van der Waals surface area contributed by atoms with Gasteiger partial charge < -0.3 is 15.0 Å². The van der Waals surface area contributed by atoms with Gasteiger partial charge in [-0.15, -0.1) is 0 Å². The molecule has 0 radical (unpaired) electrons. The van der Waals surface area contributed by atoms with Crippen molar-refractivity contribution in [1.82, 2.24) is 9.97 Å². The molecule has 5 nitrogen and oxygen atoms in total. The zero-order chi connectivity index (χ0) is 17.8. The summed E-state index contributed by atoms with van der Waals surface area (Å²) >= 11 is 0. The van der Waals surface area contributed by atoms with Crippen molar-refractivity contribution in [2.45, 2.75) is 6.54 Å². The zero-order valence-electron chi connectivity index (χ0n) is 13.8. The average molecular weight is 337 g/mol. The number of fused-ring (bicyclic) bond motifs is 1. The predicted octanol–water partition coefficient (Wildman–Crippen LogP) is 2.21. The van der Waals surface area contributed by atoms with Gasteiger partial charge in [0.25, 0.3) is 0 Å². The van der Waals surface area contributed by atoms with Gasteiger partial charge in [0.05, 0.1) is 18.1 Å². The summed E-state index contributed by atoms with van der Waals surface area (Å²) in [6.07, 6.45) is 0. The molecule has 0 spiro atoms. The number of aliphatic hydroxyl groups is 1. The molecule has 0 saturated carbocycles. The molecule has 0 aliphatic heterocycles. The molecule has 0 amide bonds. The topological polar surface area (TPSA) is 77.1 Å². The number of nitrogens with zero attached hydrogens (tertiary/aromatic N) is 2. The van der Waals surface area contributed by atoms with Crippen LogP contribution in [0.4, 0.5) is 4.39 Å². The van der Waals surface area contributed by atoms with Crippen LogP contribution in [0, 0.1) is 17.1 Å². The highest BCUT2D eigenvalue weighted by Gasteiger charge is 2.17. The maximum absolute atomic E-state index is 13.7. The van der Waals surface area contributed by atoms with Crippen LogP contribution in [0.2, 0.25) is 0 Å². The second kappa shape index (κ2) is 7.16. The number of nitriles is 1. The maximum atomic E-state index is 13.7. The highest BCUT2D eigenvalue weighted by Crippen LogP contribution is 2.18. The molecular weight excluding hydrogens is 319 g/mol. The van der Waals surface area contributed by atoms with Crippen LogP contribution in [-0.2, 0) is 6.54 Å². The average Bonchev–Trinajstić information content (AvgIpc) is 3.01. The number of aromatic nitrogens is 2. The van der Waals surface area contributed by atoms with E-state index in [4.69, 9.17) is 0 Å². The van der Waals surface area contributed by atoms with E-state index in [0.717, 1.165) is 15.9 Å². The van der Waals surface area contributed by atoms with Gasteiger partial charge in [0, 0.05) is 5.56 Å². The van der Waals surface area contributed by atoms with Gasteiger partial charge in [0.15, 0.2) is 11.6 Å². The van der Waals surface area contributed by atoms with Gasteiger partial charge in [0.1, 0.15) is 30.5 Å². The van der Waals surface area contributed by atoms with Gasteiger partial charge in [-0.1, -0.05) is 30.3 Å². The van der Waals surface area contributed by atoms with Gasteiger partial charge in [0.2, 0.25) is 0 Å². The Morgan fingerprint density at radius 2 is 1.96 bits per heavy atom. The Balaban J connectivity index is 1.82. The van der Waals surface area contributed by atoms with E-state index < -0.39 is 0 Å². The van der Waals surface area contributed by atoms with Crippen molar-refractivity contribution in [1.29, 1.82) is 5.26 Å². The Bertz CT molecular complexity index is 938. The van der Waals surface area contributed by atoms with E-state index in [9.17, 15) is 14.8 Å². The van der Waals surface area contributed by atoms with Crippen molar-refractivity contribution in [2.75, 3.05) is 13.6 Å². The summed E-state index contributed by atoms with van der Waals surface area (Å²) in [5, 5.41) is 19.8. The number of hydrogen-bond donors (Lipinski definition) is 3. The summed E-state index contributed by atoms with van der Waals surface area (Å²) in [7, 11) is 1.83. The number of benzene rings is 2. The van der Waals surface area contributed by atoms with Crippen LogP contribution in [-0.4, -0.2) is 28.7 Å². The fourth-order valence-electron chi connectivity index (χ4n) is 2.73. The SMILES string of the molecule is C[NH+](C/C(O)=C(\C#N)c1nc2ccccc2[nH]1)Cc1ccccc1F. The summed E-state index contributed by atoms with van der Waals surface area (Å²) < 4.78 is 13.7. The van der Waals surface area contributed by atoms with E-state index in [0.29, 0.717) is 17.9 Å². The molecule has 126 valence electrons. The van der Waals surface area contributed by atoms with E-state index in [1.807, 2.05) is 37.4 Å². The molecule has 0 fully saturated rings. The molecule has 2 aromatic carbocycles. The van der Waals surface area contributed by atoms with Gasteiger partial charge in [-0.05, 0) is 18.2 Å². The Labute approximate surface area is 144 Å². The minimum absolute atomic E-state index is 0.0737. The highest BCUT2D eigenvalue weighted by atomic mass is 19.1. The lowest BCUT2D eigenvalue weighted by atomic mass is 10.2. The summed E-state index contributed by atoms with van der Waals surface area (Å²) in [5.41, 5.74) is 2.19. The molecule has 1 heterocycles. The Hall–Kier alpha value is -3.17. The van der Waals surface area contributed by atoms with Gasteiger partial charge >= 0.3 is 0 Å². The summed E-state index contributed by atoms with van der Waals surface area (Å²) in [6, 6.07) is 16.0. The molecular formula is C19H18FN4O+. The van der Waals surface area contributed by atoms with Crippen LogP contribution >= 0.6 is 0 Å². The smallest absolute Gasteiger partial charge is 0.169 e. The fraction of sp³-hybridized carbons (Fsp3) is 0.158. The van der Waals surface area contributed by atoms with E-state index in [1.54, 1.807) is 18.2 Å². The number of aromatic amines is 1. The van der Waals surface area contributed by atoms with Crippen molar-refractivity contribution >= 4 is 16.6 Å². The highest BCUT2D eigenvalue weighted by molar-refractivity contribution is 5.82. The number of imidazole rings is 1. The third kappa shape index (κ3) is 3.67. The summed E-state index contributed by atoms with van der Waals surface area (Å²) in [6.45, 7) is 0.587. The minimum atomic E-state index is -0.275. The van der Waals surface area contributed by atoms with Crippen molar-refractivity contribution in [3.63, 3.8) is 0 Å². The van der Waals surface area contributed by atoms with Crippen molar-refractivity contribution in [2.24, 2.45) is 0 Å². The third-order valence-electron chi connectivity index (χ3n) is 3.95. The molecule has 1 aromatic heterocycles. The van der Waals surface area contributed by atoms with Crippen LogP contribution in [0.25, 0.3) is 16.6 Å². The van der Waals surface area contributed by atoms with Gasteiger partial charge in [-0.2, -0.15) is 5.26 Å². The molecule has 3 N–H and O–H groups in total. The van der Waals surface area contributed by atoms with E-state index in [2.05, 4.69) is 9.97 Å². The lowest BCUT2D eigenvalue weighted by Gasteiger charge is -2.14. The standard InChI is InChI=1S/C19H17FN4O/c1-24(11-13-6-2-3-7-15(13)20)12-18(25)14(10-21)19-22-16-8-4-5-9-17(16)23-19/h2-9,25H,11-12H2,1H3,(H,22,23)/p+1/b18-14-. The second-order valence-electron chi connectivity index (χ2n) is 5.94. The third-order valence-corrected chi connectivity index (χ3v) is 3.95. The summed E-state index contributed by atoms with van der Waals surface area (Å²) in [4.78, 5) is 8.24. The molecule has 0 aliphatic carbocycles. The minimum Gasteiger partial charge on any atom is -0.506 e. The lowest BCUT2D eigenvalue weighted by Crippen LogP contribution is -3.07. The monoisotopic (exact) mass is 337 g/mol. The first kappa shape index (κ1) is 16.7. The number of H-pyrrole nitrogens is 1. The van der Waals surface area contributed by atoms with E-state index in [1.165, 1.54) is 6.07 Å². The molecule has 0 saturated heterocycles. The van der Waals surface area contributed by atoms with Crippen molar-refractivity contribution in [3.05, 3.63) is 71.5 Å². The normalized spacial score (nSPS) is 13.3. The number of quaternary nitrogens is 1. The van der Waals surface area contributed by atoms with E-state index in [-0.39, 0.29) is 23.7 Å².